The highest BCUT2D eigenvalue weighted by Gasteiger charge is 2.27. The zero-order valence-corrected chi connectivity index (χ0v) is 12.1. The third kappa shape index (κ3) is 6.15. The monoisotopic (exact) mass is 360 g/mol. The van der Waals surface area contributed by atoms with E-state index in [1.54, 1.807) is 6.07 Å². The summed E-state index contributed by atoms with van der Waals surface area (Å²) in [6.45, 7) is 0. The van der Waals surface area contributed by atoms with E-state index in [0.29, 0.717) is 10.2 Å². The number of alkyl halides is 3. The maximum absolute atomic E-state index is 11.9. The highest BCUT2D eigenvalue weighted by Crippen LogP contribution is 2.24. The summed E-state index contributed by atoms with van der Waals surface area (Å²) in [6.07, 6.45) is -5.96. The van der Waals surface area contributed by atoms with E-state index in [0.717, 1.165) is 0 Å². The molecule has 3 N–H and O–H groups in total. The van der Waals surface area contributed by atoms with Crippen LogP contribution < -0.4 is 10.5 Å². The Hall–Kier alpha value is -0.960. The van der Waals surface area contributed by atoms with Gasteiger partial charge in [-0.25, -0.2) is 8.42 Å². The van der Waals surface area contributed by atoms with Crippen LogP contribution in [-0.4, -0.2) is 20.3 Å². The lowest BCUT2D eigenvalue weighted by atomic mass is 10.3. The molecule has 0 aliphatic rings. The predicted octanol–water partition coefficient (Wildman–Crippen LogP) is 3.12. The number of benzene rings is 1. The van der Waals surface area contributed by atoms with Crippen molar-refractivity contribution in [1.29, 1.82) is 0 Å². The fourth-order valence-corrected chi connectivity index (χ4v) is 2.66. The Morgan fingerprint density at radius 3 is 2.47 bits per heavy atom. The second kappa shape index (κ2) is 6.00. The molecule has 0 bridgehead atoms. The van der Waals surface area contributed by atoms with Gasteiger partial charge < -0.3 is 5.73 Å². The Labute approximate surface area is 117 Å². The molecule has 0 heterocycles. The zero-order chi connectivity index (χ0) is 14.7. The Balaban J connectivity index is 2.61. The van der Waals surface area contributed by atoms with E-state index in [4.69, 9.17) is 5.73 Å². The molecule has 0 amide bonds. The number of nitrogens with two attached hydrogens (primary N) is 1. The number of hydrogen-bond donors (Lipinski definition) is 2. The predicted molar refractivity (Wildman–Crippen MR) is 71.3 cm³/mol. The van der Waals surface area contributed by atoms with E-state index >= 15 is 0 Å². The maximum atomic E-state index is 11.9. The molecule has 0 aromatic heterocycles. The third-order valence-electron chi connectivity index (χ3n) is 2.14. The van der Waals surface area contributed by atoms with Crippen LogP contribution in [-0.2, 0) is 10.0 Å². The average Bonchev–Trinajstić information content (AvgIpc) is 2.20. The highest BCUT2D eigenvalue weighted by atomic mass is 79.9. The van der Waals surface area contributed by atoms with Crippen LogP contribution in [0.3, 0.4) is 0 Å². The van der Waals surface area contributed by atoms with E-state index in [1.165, 1.54) is 12.1 Å². The smallest absolute Gasteiger partial charge is 0.389 e. The van der Waals surface area contributed by atoms with E-state index in [2.05, 4.69) is 20.7 Å². The molecular formula is C10H12BrF3N2O2S. The summed E-state index contributed by atoms with van der Waals surface area (Å²) in [7, 11) is -3.81. The molecule has 0 radical (unpaired) electrons. The molecule has 0 spiro atoms. The molecule has 9 heteroatoms. The summed E-state index contributed by atoms with van der Waals surface area (Å²) in [6, 6.07) is 4.38. The first kappa shape index (κ1) is 16.1. The van der Waals surface area contributed by atoms with Crippen LogP contribution in [0.2, 0.25) is 0 Å². The molecule has 1 aromatic rings. The molecule has 0 unspecified atom stereocenters. The Bertz CT molecular complexity index is 546. The molecule has 0 aliphatic carbocycles. The molecule has 0 aliphatic heterocycles. The van der Waals surface area contributed by atoms with Gasteiger partial charge in [0.1, 0.15) is 0 Å². The largest absolute Gasteiger partial charge is 0.398 e. The Morgan fingerprint density at radius 1 is 1.32 bits per heavy atom. The normalized spacial score (nSPS) is 12.4. The fraction of sp³-hybridized carbons (Fsp3) is 0.400. The number of nitrogens with one attached hydrogen (secondary N) is 1. The SMILES string of the molecule is Nc1cc(NS(=O)(=O)CCCC(F)(F)F)ccc1Br. The van der Waals surface area contributed by atoms with Crippen molar-refractivity contribution in [2.75, 3.05) is 16.2 Å². The topological polar surface area (TPSA) is 72.2 Å². The molecule has 4 nitrogen and oxygen atoms in total. The van der Waals surface area contributed by atoms with Gasteiger partial charge in [0.05, 0.1) is 11.4 Å². The molecule has 0 atom stereocenters. The van der Waals surface area contributed by atoms with Crippen LogP contribution in [0.25, 0.3) is 0 Å². The molecule has 19 heavy (non-hydrogen) atoms. The van der Waals surface area contributed by atoms with E-state index in [-0.39, 0.29) is 5.69 Å². The van der Waals surface area contributed by atoms with Crippen LogP contribution in [0.4, 0.5) is 24.5 Å². The van der Waals surface area contributed by atoms with Gasteiger partial charge in [0.2, 0.25) is 10.0 Å². The van der Waals surface area contributed by atoms with Crippen LogP contribution in [0.5, 0.6) is 0 Å². The van der Waals surface area contributed by atoms with Gasteiger partial charge in [-0.3, -0.25) is 4.72 Å². The highest BCUT2D eigenvalue weighted by molar-refractivity contribution is 9.10. The van der Waals surface area contributed by atoms with Gasteiger partial charge in [0.25, 0.3) is 0 Å². The lowest BCUT2D eigenvalue weighted by Gasteiger charge is -2.10. The summed E-state index contributed by atoms with van der Waals surface area (Å²) >= 11 is 3.15. The summed E-state index contributed by atoms with van der Waals surface area (Å²) in [5, 5.41) is 0. The lowest BCUT2D eigenvalue weighted by molar-refractivity contribution is -0.134. The summed E-state index contributed by atoms with van der Waals surface area (Å²) in [5.74, 6) is -0.595. The second-order valence-corrected chi connectivity index (χ2v) is 6.57. The van der Waals surface area contributed by atoms with Gasteiger partial charge >= 0.3 is 6.18 Å². The number of sulfonamides is 1. The van der Waals surface area contributed by atoms with Crippen LogP contribution >= 0.6 is 15.9 Å². The van der Waals surface area contributed by atoms with Crippen LogP contribution in [0, 0.1) is 0 Å². The summed E-state index contributed by atoms with van der Waals surface area (Å²) < 4.78 is 61.6. The quantitative estimate of drug-likeness (QED) is 0.792. The van der Waals surface area contributed by atoms with Gasteiger partial charge in [-0.05, 0) is 40.5 Å². The lowest BCUT2D eigenvalue weighted by Crippen LogP contribution is -2.18. The molecule has 0 fully saturated rings. The van der Waals surface area contributed by atoms with Crippen molar-refractivity contribution >= 4 is 37.3 Å². The fourth-order valence-electron chi connectivity index (χ4n) is 1.30. The number of hydrogen-bond acceptors (Lipinski definition) is 3. The van der Waals surface area contributed by atoms with Crippen molar-refractivity contribution in [2.24, 2.45) is 0 Å². The minimum atomic E-state index is -4.35. The number of nitrogen functional groups attached to an aromatic ring is 1. The molecular weight excluding hydrogens is 349 g/mol. The van der Waals surface area contributed by atoms with Crippen molar-refractivity contribution in [3.63, 3.8) is 0 Å². The number of halogens is 4. The molecule has 0 saturated heterocycles. The van der Waals surface area contributed by atoms with Crippen LogP contribution in [0.1, 0.15) is 12.8 Å². The first-order chi connectivity index (χ1) is 8.59. The van der Waals surface area contributed by atoms with Gasteiger partial charge in [-0.15, -0.1) is 0 Å². The molecule has 1 aromatic carbocycles. The second-order valence-electron chi connectivity index (χ2n) is 3.88. The number of anilines is 2. The maximum Gasteiger partial charge on any atom is 0.389 e. The van der Waals surface area contributed by atoms with Crippen molar-refractivity contribution in [2.45, 2.75) is 19.0 Å². The van der Waals surface area contributed by atoms with Crippen molar-refractivity contribution in [1.82, 2.24) is 0 Å². The van der Waals surface area contributed by atoms with Crippen molar-refractivity contribution < 1.29 is 21.6 Å². The van der Waals surface area contributed by atoms with E-state index in [9.17, 15) is 21.6 Å². The first-order valence-electron chi connectivity index (χ1n) is 5.21. The molecule has 0 saturated carbocycles. The molecule has 1 rings (SSSR count). The van der Waals surface area contributed by atoms with Crippen LogP contribution in [0.15, 0.2) is 22.7 Å². The Kier molecular flexibility index (Phi) is 5.08. The van der Waals surface area contributed by atoms with Gasteiger partial charge in [0.15, 0.2) is 0 Å². The minimum absolute atomic E-state index is 0.215. The van der Waals surface area contributed by atoms with E-state index in [1.807, 2.05) is 0 Å². The van der Waals surface area contributed by atoms with Gasteiger partial charge in [-0.1, -0.05) is 0 Å². The van der Waals surface area contributed by atoms with Gasteiger partial charge in [0, 0.05) is 16.6 Å². The van der Waals surface area contributed by atoms with Gasteiger partial charge in [-0.2, -0.15) is 13.2 Å². The number of rotatable bonds is 5. The first-order valence-corrected chi connectivity index (χ1v) is 7.66. The minimum Gasteiger partial charge on any atom is -0.398 e. The Morgan fingerprint density at radius 2 is 1.95 bits per heavy atom. The summed E-state index contributed by atoms with van der Waals surface area (Å²) in [4.78, 5) is 0. The van der Waals surface area contributed by atoms with Crippen molar-refractivity contribution in [3.8, 4) is 0 Å². The molecule has 108 valence electrons. The van der Waals surface area contributed by atoms with E-state index < -0.39 is 34.8 Å². The standard InChI is InChI=1S/C10H12BrF3N2O2S/c11-8-3-2-7(6-9(8)15)16-19(17,18)5-1-4-10(12,13)14/h2-3,6,16H,1,4-5,15H2. The average molecular weight is 361 g/mol. The zero-order valence-electron chi connectivity index (χ0n) is 9.67. The third-order valence-corrected chi connectivity index (χ3v) is 4.24. The van der Waals surface area contributed by atoms with Crippen molar-refractivity contribution in [3.05, 3.63) is 22.7 Å². The summed E-state index contributed by atoms with van der Waals surface area (Å²) in [5.41, 5.74) is 6.11.